The molecule has 1 heterocycles. The molecule has 17 heavy (non-hydrogen) atoms. The highest BCUT2D eigenvalue weighted by molar-refractivity contribution is 5.85. The number of allylic oxidation sites excluding steroid dienone is 2. The summed E-state index contributed by atoms with van der Waals surface area (Å²) in [4.78, 5) is 25.1. The molecule has 2 aliphatic rings. The minimum atomic E-state index is -0.874. The van der Waals surface area contributed by atoms with Crippen LogP contribution in [0.25, 0.3) is 0 Å². The molecule has 2 atom stereocenters. The van der Waals surface area contributed by atoms with E-state index in [-0.39, 0.29) is 5.91 Å². The van der Waals surface area contributed by atoms with Crippen molar-refractivity contribution in [3.05, 3.63) is 12.2 Å². The number of hydrogen-bond acceptors (Lipinski definition) is 3. The predicted octanol–water partition coefficient (Wildman–Crippen LogP) is 0.512. The van der Waals surface area contributed by atoms with Crippen molar-refractivity contribution in [3.8, 4) is 0 Å². The minimum Gasteiger partial charge on any atom is -0.481 e. The van der Waals surface area contributed by atoms with Crippen LogP contribution in [0.3, 0.4) is 0 Å². The second-order valence-electron chi connectivity index (χ2n) is 4.43. The molecule has 0 spiro atoms. The number of carboxylic acid groups (broad SMARTS) is 1. The summed E-state index contributed by atoms with van der Waals surface area (Å²) in [5.74, 6) is -1.89. The maximum Gasteiger partial charge on any atom is 0.307 e. The molecule has 0 aromatic heterocycles. The van der Waals surface area contributed by atoms with Crippen LogP contribution in [0.1, 0.15) is 12.8 Å². The van der Waals surface area contributed by atoms with Gasteiger partial charge in [-0.05, 0) is 12.8 Å². The molecule has 2 rings (SSSR count). The van der Waals surface area contributed by atoms with Crippen LogP contribution in [0.15, 0.2) is 12.2 Å². The molecule has 1 aliphatic carbocycles. The quantitative estimate of drug-likeness (QED) is 0.713. The molecule has 1 aliphatic heterocycles. The second kappa shape index (κ2) is 5.31. The molecule has 0 radical (unpaired) electrons. The molecule has 1 amide bonds. The molecule has 1 fully saturated rings. The fourth-order valence-corrected chi connectivity index (χ4v) is 2.38. The van der Waals surface area contributed by atoms with Crippen molar-refractivity contribution in [1.82, 2.24) is 4.90 Å². The van der Waals surface area contributed by atoms with Crippen LogP contribution in [0.4, 0.5) is 0 Å². The van der Waals surface area contributed by atoms with Crippen molar-refractivity contribution in [3.63, 3.8) is 0 Å². The van der Waals surface area contributed by atoms with Crippen LogP contribution in [-0.2, 0) is 14.3 Å². The van der Waals surface area contributed by atoms with Gasteiger partial charge in [0.05, 0.1) is 25.0 Å². The van der Waals surface area contributed by atoms with Crippen molar-refractivity contribution in [2.24, 2.45) is 11.8 Å². The Bertz CT molecular complexity index is 333. The largest absolute Gasteiger partial charge is 0.481 e. The lowest BCUT2D eigenvalue weighted by atomic mass is 9.82. The maximum atomic E-state index is 12.2. The third-order valence-electron chi connectivity index (χ3n) is 3.39. The van der Waals surface area contributed by atoms with Crippen molar-refractivity contribution < 1.29 is 19.4 Å². The summed E-state index contributed by atoms with van der Waals surface area (Å²) in [5.41, 5.74) is 0. The van der Waals surface area contributed by atoms with Gasteiger partial charge in [0, 0.05) is 13.1 Å². The van der Waals surface area contributed by atoms with E-state index >= 15 is 0 Å². The molecule has 94 valence electrons. The Kier molecular flexibility index (Phi) is 3.78. The van der Waals surface area contributed by atoms with Crippen molar-refractivity contribution in [2.45, 2.75) is 12.8 Å². The summed E-state index contributed by atoms with van der Waals surface area (Å²) in [6.07, 6.45) is 4.74. The van der Waals surface area contributed by atoms with E-state index in [2.05, 4.69) is 0 Å². The van der Waals surface area contributed by atoms with E-state index in [1.165, 1.54) is 0 Å². The number of amides is 1. The van der Waals surface area contributed by atoms with Crippen molar-refractivity contribution in [2.75, 3.05) is 26.3 Å². The van der Waals surface area contributed by atoms with Crippen LogP contribution >= 0.6 is 0 Å². The number of rotatable bonds is 2. The maximum absolute atomic E-state index is 12.2. The van der Waals surface area contributed by atoms with Crippen LogP contribution < -0.4 is 0 Å². The molecule has 5 nitrogen and oxygen atoms in total. The Hall–Kier alpha value is -1.36. The van der Waals surface area contributed by atoms with Gasteiger partial charge in [-0.1, -0.05) is 12.2 Å². The van der Waals surface area contributed by atoms with Gasteiger partial charge in [0.1, 0.15) is 0 Å². The highest BCUT2D eigenvalue weighted by Gasteiger charge is 2.36. The number of carboxylic acids is 1. The summed E-state index contributed by atoms with van der Waals surface area (Å²) in [6.45, 7) is 2.24. The van der Waals surface area contributed by atoms with Gasteiger partial charge in [0.2, 0.25) is 5.91 Å². The van der Waals surface area contributed by atoms with Gasteiger partial charge in [-0.15, -0.1) is 0 Å². The van der Waals surface area contributed by atoms with Crippen LogP contribution in [0, 0.1) is 11.8 Å². The number of hydrogen-bond donors (Lipinski definition) is 1. The van der Waals surface area contributed by atoms with E-state index in [1.54, 1.807) is 4.90 Å². The number of aliphatic carboxylic acids is 1. The highest BCUT2D eigenvalue weighted by atomic mass is 16.5. The van der Waals surface area contributed by atoms with Gasteiger partial charge in [-0.3, -0.25) is 9.59 Å². The first kappa shape index (κ1) is 12.1. The Labute approximate surface area is 100 Å². The van der Waals surface area contributed by atoms with Gasteiger partial charge >= 0.3 is 5.97 Å². The Morgan fingerprint density at radius 1 is 1.12 bits per heavy atom. The second-order valence-corrected chi connectivity index (χ2v) is 4.43. The monoisotopic (exact) mass is 239 g/mol. The fraction of sp³-hybridized carbons (Fsp3) is 0.667. The summed E-state index contributed by atoms with van der Waals surface area (Å²) < 4.78 is 5.19. The van der Waals surface area contributed by atoms with E-state index in [1.807, 2.05) is 12.2 Å². The molecule has 1 N–H and O–H groups in total. The van der Waals surface area contributed by atoms with Crippen LogP contribution in [0.5, 0.6) is 0 Å². The van der Waals surface area contributed by atoms with Gasteiger partial charge in [-0.2, -0.15) is 0 Å². The lowest BCUT2D eigenvalue weighted by molar-refractivity contribution is -0.152. The van der Waals surface area contributed by atoms with E-state index in [4.69, 9.17) is 9.84 Å². The van der Waals surface area contributed by atoms with Gasteiger partial charge < -0.3 is 14.7 Å². The first-order valence-corrected chi connectivity index (χ1v) is 5.94. The molecule has 0 aromatic rings. The van der Waals surface area contributed by atoms with Gasteiger partial charge in [0.25, 0.3) is 0 Å². The van der Waals surface area contributed by atoms with E-state index in [0.29, 0.717) is 39.1 Å². The number of ether oxygens (including phenoxy) is 1. The van der Waals surface area contributed by atoms with Crippen molar-refractivity contribution >= 4 is 11.9 Å². The number of carbonyl (C=O) groups is 2. The van der Waals surface area contributed by atoms with E-state index in [0.717, 1.165) is 0 Å². The Morgan fingerprint density at radius 3 is 2.29 bits per heavy atom. The number of morpholine rings is 1. The van der Waals surface area contributed by atoms with E-state index in [9.17, 15) is 9.59 Å². The van der Waals surface area contributed by atoms with Crippen LogP contribution in [-0.4, -0.2) is 48.2 Å². The first-order chi connectivity index (χ1) is 8.20. The highest BCUT2D eigenvalue weighted by Crippen LogP contribution is 2.27. The molecule has 5 heteroatoms. The normalized spacial score (nSPS) is 29.1. The number of carbonyl (C=O) groups excluding carboxylic acids is 1. The lowest BCUT2D eigenvalue weighted by Gasteiger charge is -2.33. The summed E-state index contributed by atoms with van der Waals surface area (Å²) >= 11 is 0. The fourth-order valence-electron chi connectivity index (χ4n) is 2.38. The van der Waals surface area contributed by atoms with Crippen LogP contribution in [0.2, 0.25) is 0 Å². The molecule has 1 saturated heterocycles. The molecular formula is C12H17NO4. The smallest absolute Gasteiger partial charge is 0.307 e. The molecule has 0 bridgehead atoms. The molecule has 0 saturated carbocycles. The average Bonchev–Trinajstić information content (AvgIpc) is 2.39. The third-order valence-corrected chi connectivity index (χ3v) is 3.39. The molecular weight excluding hydrogens is 222 g/mol. The summed E-state index contributed by atoms with van der Waals surface area (Å²) in [5, 5.41) is 9.13. The zero-order valence-corrected chi connectivity index (χ0v) is 9.67. The summed E-state index contributed by atoms with van der Waals surface area (Å²) in [7, 11) is 0. The molecule has 2 unspecified atom stereocenters. The number of nitrogens with zero attached hydrogens (tertiary/aromatic N) is 1. The lowest BCUT2D eigenvalue weighted by Crippen LogP contribution is -2.46. The standard InChI is InChI=1S/C12H17NO4/c14-11(13-5-7-17-8-6-13)9-3-1-2-4-10(9)12(15)16/h1-2,9-10H,3-8H2,(H,15,16). The third kappa shape index (κ3) is 2.66. The Balaban J connectivity index is 2.05. The first-order valence-electron chi connectivity index (χ1n) is 5.94. The minimum absolute atomic E-state index is 0.0370. The summed E-state index contributed by atoms with van der Waals surface area (Å²) in [6, 6.07) is 0. The van der Waals surface area contributed by atoms with Gasteiger partial charge in [0.15, 0.2) is 0 Å². The predicted molar refractivity (Wildman–Crippen MR) is 60.4 cm³/mol. The zero-order chi connectivity index (χ0) is 12.3. The zero-order valence-electron chi connectivity index (χ0n) is 9.67. The SMILES string of the molecule is O=C(O)C1CC=CCC1C(=O)N1CCOCC1. The van der Waals surface area contributed by atoms with E-state index < -0.39 is 17.8 Å². The average molecular weight is 239 g/mol. The molecule has 0 aromatic carbocycles. The Morgan fingerprint density at radius 2 is 1.71 bits per heavy atom. The topological polar surface area (TPSA) is 66.8 Å². The van der Waals surface area contributed by atoms with Gasteiger partial charge in [-0.25, -0.2) is 0 Å². The van der Waals surface area contributed by atoms with Crippen molar-refractivity contribution in [1.29, 1.82) is 0 Å².